The van der Waals surface area contributed by atoms with Gasteiger partial charge in [0.15, 0.2) is 0 Å². The molecule has 0 unspecified atom stereocenters. The lowest BCUT2D eigenvalue weighted by Crippen LogP contribution is -2.31. The van der Waals surface area contributed by atoms with Gasteiger partial charge in [-0.05, 0) is 43.6 Å². The van der Waals surface area contributed by atoms with E-state index in [0.717, 1.165) is 25.9 Å². The summed E-state index contributed by atoms with van der Waals surface area (Å²) in [5, 5.41) is 9.21. The molecular formula is C12H14FNO2. The molecule has 0 amide bonds. The molecule has 16 heavy (non-hydrogen) atoms. The fourth-order valence-corrected chi connectivity index (χ4v) is 2.19. The number of nitrogens with zero attached hydrogens (tertiary/aromatic N) is 1. The number of hydrogen-bond acceptors (Lipinski definition) is 2. The fraction of sp³-hybridized carbons (Fsp3) is 0.417. The van der Waals surface area contributed by atoms with Gasteiger partial charge in [0.25, 0.3) is 0 Å². The van der Waals surface area contributed by atoms with Crippen molar-refractivity contribution in [2.45, 2.75) is 18.9 Å². The van der Waals surface area contributed by atoms with Gasteiger partial charge in [0.05, 0.1) is 0 Å². The highest BCUT2D eigenvalue weighted by Crippen LogP contribution is 2.25. The summed E-state index contributed by atoms with van der Waals surface area (Å²) >= 11 is 0. The zero-order valence-corrected chi connectivity index (χ0v) is 8.90. The third-order valence-corrected chi connectivity index (χ3v) is 2.90. The molecule has 1 aliphatic rings. The highest BCUT2D eigenvalue weighted by molar-refractivity contribution is 5.75. The van der Waals surface area contributed by atoms with Gasteiger partial charge >= 0.3 is 5.97 Å². The third-order valence-electron chi connectivity index (χ3n) is 2.90. The van der Waals surface area contributed by atoms with Gasteiger partial charge in [-0.3, -0.25) is 9.69 Å². The summed E-state index contributed by atoms with van der Waals surface area (Å²) in [5.74, 6) is -1.30. The summed E-state index contributed by atoms with van der Waals surface area (Å²) in [6.45, 7) is 1.54. The summed E-state index contributed by atoms with van der Waals surface area (Å²) in [5.41, 5.74) is 0.523. The number of rotatable bonds is 3. The van der Waals surface area contributed by atoms with Crippen LogP contribution in [-0.4, -0.2) is 29.1 Å². The number of carboxylic acid groups (broad SMARTS) is 1. The van der Waals surface area contributed by atoms with Crippen LogP contribution >= 0.6 is 0 Å². The summed E-state index contributed by atoms with van der Waals surface area (Å²) in [7, 11) is 0. The van der Waals surface area contributed by atoms with Crippen LogP contribution in [-0.2, 0) is 4.79 Å². The van der Waals surface area contributed by atoms with Crippen molar-refractivity contribution in [3.05, 3.63) is 35.6 Å². The Labute approximate surface area is 93.5 Å². The third kappa shape index (κ3) is 2.22. The SMILES string of the molecule is O=C(O)[C@H](c1cccc(F)c1)N1CCCC1. The molecule has 0 bridgehead atoms. The van der Waals surface area contributed by atoms with Crippen LogP contribution in [0.25, 0.3) is 0 Å². The molecule has 1 saturated heterocycles. The van der Waals surface area contributed by atoms with Crippen LogP contribution in [0.2, 0.25) is 0 Å². The minimum absolute atomic E-state index is 0.386. The van der Waals surface area contributed by atoms with Crippen molar-refractivity contribution in [3.63, 3.8) is 0 Å². The van der Waals surface area contributed by atoms with E-state index < -0.39 is 12.0 Å². The monoisotopic (exact) mass is 223 g/mol. The van der Waals surface area contributed by atoms with Crippen molar-refractivity contribution in [1.82, 2.24) is 4.90 Å². The molecule has 0 saturated carbocycles. The number of benzene rings is 1. The second kappa shape index (κ2) is 4.61. The van der Waals surface area contributed by atoms with E-state index in [4.69, 9.17) is 0 Å². The van der Waals surface area contributed by atoms with Crippen LogP contribution in [0.3, 0.4) is 0 Å². The highest BCUT2D eigenvalue weighted by atomic mass is 19.1. The van der Waals surface area contributed by atoms with Gasteiger partial charge in [0, 0.05) is 0 Å². The minimum Gasteiger partial charge on any atom is -0.480 e. The van der Waals surface area contributed by atoms with Crippen LogP contribution in [0.4, 0.5) is 4.39 Å². The average molecular weight is 223 g/mol. The quantitative estimate of drug-likeness (QED) is 0.852. The van der Waals surface area contributed by atoms with Crippen molar-refractivity contribution < 1.29 is 14.3 Å². The molecule has 1 aromatic rings. The van der Waals surface area contributed by atoms with Gasteiger partial charge < -0.3 is 5.11 Å². The Morgan fingerprint density at radius 2 is 2.06 bits per heavy atom. The number of aliphatic carboxylic acids is 1. The Bertz CT molecular complexity index is 388. The molecule has 1 aliphatic heterocycles. The molecule has 0 aliphatic carbocycles. The first-order valence-electron chi connectivity index (χ1n) is 5.41. The van der Waals surface area contributed by atoms with E-state index in [2.05, 4.69) is 0 Å². The standard InChI is InChI=1S/C12H14FNO2/c13-10-5-3-4-9(8-10)11(12(15)16)14-6-1-2-7-14/h3-5,8,11H,1-2,6-7H2,(H,15,16)/t11-/m0/s1. The topological polar surface area (TPSA) is 40.5 Å². The smallest absolute Gasteiger partial charge is 0.325 e. The molecular weight excluding hydrogens is 209 g/mol. The fourth-order valence-electron chi connectivity index (χ4n) is 2.19. The van der Waals surface area contributed by atoms with E-state index in [-0.39, 0.29) is 5.82 Å². The lowest BCUT2D eigenvalue weighted by atomic mass is 10.1. The summed E-state index contributed by atoms with van der Waals surface area (Å²) in [6.07, 6.45) is 2.03. The average Bonchev–Trinajstić information content (AvgIpc) is 2.71. The molecule has 1 fully saturated rings. The molecule has 1 atom stereocenters. The molecule has 0 aromatic heterocycles. The maximum absolute atomic E-state index is 13.1. The molecule has 1 N–H and O–H groups in total. The normalized spacial score (nSPS) is 18.6. The van der Waals surface area contributed by atoms with Gasteiger partial charge in [0.1, 0.15) is 11.9 Å². The Balaban J connectivity index is 2.28. The molecule has 0 spiro atoms. The van der Waals surface area contributed by atoms with Crippen LogP contribution in [0, 0.1) is 5.82 Å². The van der Waals surface area contributed by atoms with Crippen molar-refractivity contribution in [2.24, 2.45) is 0 Å². The first-order chi connectivity index (χ1) is 7.68. The predicted molar refractivity (Wildman–Crippen MR) is 57.6 cm³/mol. The number of hydrogen-bond donors (Lipinski definition) is 1. The first kappa shape index (κ1) is 11.1. The van der Waals surface area contributed by atoms with Crippen molar-refractivity contribution >= 4 is 5.97 Å². The van der Waals surface area contributed by atoms with Crippen molar-refractivity contribution in [2.75, 3.05) is 13.1 Å². The Morgan fingerprint density at radius 1 is 1.38 bits per heavy atom. The predicted octanol–water partition coefficient (Wildman–Crippen LogP) is 2.05. The van der Waals surface area contributed by atoms with Gasteiger partial charge in [-0.1, -0.05) is 12.1 Å². The number of likely N-dealkylation sites (tertiary alicyclic amines) is 1. The van der Waals surface area contributed by atoms with Crippen LogP contribution < -0.4 is 0 Å². The molecule has 2 rings (SSSR count). The van der Waals surface area contributed by atoms with Crippen molar-refractivity contribution in [3.8, 4) is 0 Å². The Morgan fingerprint density at radius 3 is 2.62 bits per heavy atom. The largest absolute Gasteiger partial charge is 0.480 e. The molecule has 4 heteroatoms. The summed E-state index contributed by atoms with van der Waals surface area (Å²) in [4.78, 5) is 13.1. The van der Waals surface area contributed by atoms with Crippen LogP contribution in [0.1, 0.15) is 24.4 Å². The van der Waals surface area contributed by atoms with E-state index in [9.17, 15) is 14.3 Å². The van der Waals surface area contributed by atoms with Crippen LogP contribution in [0.5, 0.6) is 0 Å². The summed E-state index contributed by atoms with van der Waals surface area (Å²) < 4.78 is 13.1. The minimum atomic E-state index is -0.910. The van der Waals surface area contributed by atoms with Gasteiger partial charge in [0.2, 0.25) is 0 Å². The number of carbonyl (C=O) groups is 1. The van der Waals surface area contributed by atoms with Gasteiger partial charge in [-0.25, -0.2) is 4.39 Å². The first-order valence-corrected chi connectivity index (χ1v) is 5.41. The maximum atomic E-state index is 13.1. The molecule has 86 valence electrons. The number of carboxylic acids is 1. The Hall–Kier alpha value is -1.42. The highest BCUT2D eigenvalue weighted by Gasteiger charge is 2.29. The molecule has 0 radical (unpaired) electrons. The van der Waals surface area contributed by atoms with Gasteiger partial charge in [-0.15, -0.1) is 0 Å². The maximum Gasteiger partial charge on any atom is 0.325 e. The molecule has 1 aromatic carbocycles. The van der Waals surface area contributed by atoms with E-state index >= 15 is 0 Å². The molecule has 3 nitrogen and oxygen atoms in total. The zero-order chi connectivity index (χ0) is 11.5. The van der Waals surface area contributed by atoms with E-state index in [1.807, 2.05) is 4.90 Å². The lowest BCUT2D eigenvalue weighted by Gasteiger charge is -2.23. The van der Waals surface area contributed by atoms with Crippen molar-refractivity contribution in [1.29, 1.82) is 0 Å². The Kier molecular flexibility index (Phi) is 3.19. The zero-order valence-electron chi connectivity index (χ0n) is 8.90. The lowest BCUT2D eigenvalue weighted by molar-refractivity contribution is -0.143. The second-order valence-electron chi connectivity index (χ2n) is 4.04. The van der Waals surface area contributed by atoms with E-state index in [1.54, 1.807) is 12.1 Å². The summed E-state index contributed by atoms with van der Waals surface area (Å²) in [6, 6.07) is 5.14. The number of halogens is 1. The van der Waals surface area contributed by atoms with Crippen LogP contribution in [0.15, 0.2) is 24.3 Å². The van der Waals surface area contributed by atoms with E-state index in [1.165, 1.54) is 12.1 Å². The van der Waals surface area contributed by atoms with E-state index in [0.29, 0.717) is 5.56 Å². The molecule has 1 heterocycles. The van der Waals surface area contributed by atoms with Gasteiger partial charge in [-0.2, -0.15) is 0 Å². The second-order valence-corrected chi connectivity index (χ2v) is 4.04.